The van der Waals surface area contributed by atoms with Crippen LogP contribution in [-0.2, 0) is 6.42 Å². The SMILES string of the molecule is Cc1noc2nc(-c3ccc(F)cc3)cc(C(=O)N3CCCc4ccc(F)cc43)c12. The molecular formula is C23H17F2N3O2. The molecule has 0 spiro atoms. The summed E-state index contributed by atoms with van der Waals surface area (Å²) in [5.74, 6) is -1.02. The van der Waals surface area contributed by atoms with Crippen LogP contribution >= 0.6 is 0 Å². The summed E-state index contributed by atoms with van der Waals surface area (Å²) in [5, 5.41) is 4.49. The highest BCUT2D eigenvalue weighted by molar-refractivity contribution is 6.14. The number of hydrogen-bond acceptors (Lipinski definition) is 4. The quantitative estimate of drug-likeness (QED) is 0.467. The van der Waals surface area contributed by atoms with Gasteiger partial charge in [-0.15, -0.1) is 0 Å². The van der Waals surface area contributed by atoms with Crippen molar-refractivity contribution in [1.29, 1.82) is 0 Å². The zero-order valence-electron chi connectivity index (χ0n) is 16.2. The van der Waals surface area contributed by atoms with Crippen LogP contribution in [0.5, 0.6) is 0 Å². The van der Waals surface area contributed by atoms with E-state index in [1.165, 1.54) is 24.3 Å². The van der Waals surface area contributed by atoms with Crippen molar-refractivity contribution in [2.24, 2.45) is 0 Å². The maximum atomic E-state index is 13.9. The molecule has 2 aromatic carbocycles. The molecule has 5 rings (SSSR count). The van der Waals surface area contributed by atoms with Gasteiger partial charge in [0.25, 0.3) is 11.6 Å². The van der Waals surface area contributed by atoms with E-state index in [-0.39, 0.29) is 23.3 Å². The zero-order valence-corrected chi connectivity index (χ0v) is 16.2. The largest absolute Gasteiger partial charge is 0.335 e. The Labute approximate surface area is 170 Å². The van der Waals surface area contributed by atoms with Crippen LogP contribution in [0, 0.1) is 18.6 Å². The van der Waals surface area contributed by atoms with Gasteiger partial charge in [-0.05, 0) is 67.8 Å². The van der Waals surface area contributed by atoms with Crippen molar-refractivity contribution in [3.63, 3.8) is 0 Å². The molecule has 0 saturated heterocycles. The lowest BCUT2D eigenvalue weighted by Crippen LogP contribution is -2.35. The van der Waals surface area contributed by atoms with E-state index < -0.39 is 0 Å². The molecule has 0 N–H and O–H groups in total. The smallest absolute Gasteiger partial charge is 0.259 e. The molecule has 150 valence electrons. The number of pyridine rings is 1. The monoisotopic (exact) mass is 405 g/mol. The first kappa shape index (κ1) is 18.4. The van der Waals surface area contributed by atoms with E-state index in [4.69, 9.17) is 4.52 Å². The number of aromatic nitrogens is 2. The first-order chi connectivity index (χ1) is 14.5. The van der Waals surface area contributed by atoms with Crippen LogP contribution < -0.4 is 4.90 Å². The molecule has 1 aliphatic heterocycles. The fourth-order valence-corrected chi connectivity index (χ4v) is 3.94. The number of halogens is 2. The molecule has 0 fully saturated rings. The molecule has 5 nitrogen and oxygen atoms in total. The average molecular weight is 405 g/mol. The lowest BCUT2D eigenvalue weighted by atomic mass is 9.99. The molecule has 7 heteroatoms. The Bertz CT molecular complexity index is 1280. The van der Waals surface area contributed by atoms with Gasteiger partial charge in [0.15, 0.2) is 0 Å². The Hall–Kier alpha value is -3.61. The molecule has 0 bridgehead atoms. The Morgan fingerprint density at radius 2 is 1.83 bits per heavy atom. The fraction of sp³-hybridized carbons (Fsp3) is 0.174. The topological polar surface area (TPSA) is 59.2 Å². The standard InChI is InChI=1S/C23H17F2N3O2/c1-13-21-18(23(29)28-10-2-3-15-6-9-17(25)11-20(15)28)12-19(26-22(21)30-27-13)14-4-7-16(24)8-5-14/h4-9,11-12H,2-3,10H2,1H3. The number of hydrogen-bond donors (Lipinski definition) is 0. The highest BCUT2D eigenvalue weighted by Gasteiger charge is 2.28. The second kappa shape index (κ2) is 7.02. The predicted octanol–water partition coefficient (Wildman–Crippen LogP) is 5.07. The maximum absolute atomic E-state index is 13.9. The molecule has 0 radical (unpaired) electrons. The second-order valence-corrected chi connectivity index (χ2v) is 7.34. The minimum absolute atomic E-state index is 0.231. The van der Waals surface area contributed by atoms with Crippen molar-refractivity contribution >= 4 is 22.7 Å². The van der Waals surface area contributed by atoms with E-state index in [2.05, 4.69) is 10.1 Å². The summed E-state index contributed by atoms with van der Waals surface area (Å²) in [4.78, 5) is 19.7. The second-order valence-electron chi connectivity index (χ2n) is 7.34. The predicted molar refractivity (Wildman–Crippen MR) is 108 cm³/mol. The van der Waals surface area contributed by atoms with Crippen LogP contribution in [0.2, 0.25) is 0 Å². The minimum atomic E-state index is -0.388. The summed E-state index contributed by atoms with van der Waals surface area (Å²) in [6.07, 6.45) is 1.57. The summed E-state index contributed by atoms with van der Waals surface area (Å²) in [6.45, 7) is 2.22. The third kappa shape index (κ3) is 3.03. The summed E-state index contributed by atoms with van der Waals surface area (Å²) < 4.78 is 32.6. The van der Waals surface area contributed by atoms with Crippen LogP contribution in [-0.4, -0.2) is 22.6 Å². The molecule has 30 heavy (non-hydrogen) atoms. The number of aryl methyl sites for hydroxylation is 2. The van der Waals surface area contributed by atoms with Crippen LogP contribution in [0.4, 0.5) is 14.5 Å². The lowest BCUT2D eigenvalue weighted by molar-refractivity contribution is 0.0986. The van der Waals surface area contributed by atoms with Gasteiger partial charge in [-0.1, -0.05) is 11.2 Å². The van der Waals surface area contributed by atoms with E-state index >= 15 is 0 Å². The van der Waals surface area contributed by atoms with Crippen LogP contribution in [0.1, 0.15) is 28.0 Å². The van der Waals surface area contributed by atoms with Crippen molar-refractivity contribution in [3.8, 4) is 11.3 Å². The lowest BCUT2D eigenvalue weighted by Gasteiger charge is -2.29. The number of amides is 1. The van der Waals surface area contributed by atoms with Gasteiger partial charge in [0.2, 0.25) is 0 Å². The molecule has 4 aromatic rings. The van der Waals surface area contributed by atoms with Gasteiger partial charge in [0.05, 0.1) is 28.0 Å². The van der Waals surface area contributed by atoms with Crippen molar-refractivity contribution in [3.05, 3.63) is 77.0 Å². The van der Waals surface area contributed by atoms with E-state index in [1.54, 1.807) is 36.1 Å². The maximum Gasteiger partial charge on any atom is 0.259 e. The molecule has 0 saturated carbocycles. The van der Waals surface area contributed by atoms with Gasteiger partial charge in [0.1, 0.15) is 11.6 Å². The fourth-order valence-electron chi connectivity index (χ4n) is 3.94. The third-order valence-corrected chi connectivity index (χ3v) is 5.40. The highest BCUT2D eigenvalue weighted by Crippen LogP contribution is 2.33. The Balaban J connectivity index is 1.67. The van der Waals surface area contributed by atoms with Crippen molar-refractivity contribution in [1.82, 2.24) is 10.1 Å². The van der Waals surface area contributed by atoms with Gasteiger partial charge >= 0.3 is 0 Å². The van der Waals surface area contributed by atoms with Crippen LogP contribution in [0.3, 0.4) is 0 Å². The molecule has 0 unspecified atom stereocenters. The number of anilines is 1. The Morgan fingerprint density at radius 3 is 2.63 bits per heavy atom. The highest BCUT2D eigenvalue weighted by atomic mass is 19.1. The summed E-state index contributed by atoms with van der Waals surface area (Å²) >= 11 is 0. The number of nitrogens with zero attached hydrogens (tertiary/aromatic N) is 3. The zero-order chi connectivity index (χ0) is 20.8. The first-order valence-corrected chi connectivity index (χ1v) is 9.64. The molecule has 3 heterocycles. The average Bonchev–Trinajstić information content (AvgIpc) is 3.13. The summed E-state index contributed by atoms with van der Waals surface area (Å²) in [7, 11) is 0. The molecule has 0 atom stereocenters. The van der Waals surface area contributed by atoms with Crippen molar-refractivity contribution in [2.75, 3.05) is 11.4 Å². The third-order valence-electron chi connectivity index (χ3n) is 5.40. The van der Waals surface area contributed by atoms with Crippen molar-refractivity contribution < 1.29 is 18.1 Å². The van der Waals surface area contributed by atoms with Gasteiger partial charge in [0, 0.05) is 12.1 Å². The van der Waals surface area contributed by atoms with Crippen molar-refractivity contribution in [2.45, 2.75) is 19.8 Å². The molecule has 0 aliphatic carbocycles. The molecular weight excluding hydrogens is 388 g/mol. The van der Waals surface area contributed by atoms with Crippen LogP contribution in [0.25, 0.3) is 22.4 Å². The van der Waals surface area contributed by atoms with Gasteiger partial charge < -0.3 is 9.42 Å². The normalized spacial score (nSPS) is 13.5. The number of carbonyl (C=O) groups excluding carboxylic acids is 1. The molecule has 1 aliphatic rings. The number of carbonyl (C=O) groups is 1. The Morgan fingerprint density at radius 1 is 1.07 bits per heavy atom. The van der Waals surface area contributed by atoms with Crippen LogP contribution in [0.15, 0.2) is 53.1 Å². The number of rotatable bonds is 2. The summed E-state index contributed by atoms with van der Waals surface area (Å²) in [6, 6.07) is 12.0. The molecule has 2 aromatic heterocycles. The van der Waals surface area contributed by atoms with Gasteiger partial charge in [-0.3, -0.25) is 4.79 Å². The number of fused-ring (bicyclic) bond motifs is 2. The van der Waals surface area contributed by atoms with E-state index in [0.29, 0.717) is 40.1 Å². The van der Waals surface area contributed by atoms with E-state index in [1.807, 2.05) is 0 Å². The van der Waals surface area contributed by atoms with Gasteiger partial charge in [-0.2, -0.15) is 0 Å². The number of benzene rings is 2. The van der Waals surface area contributed by atoms with Gasteiger partial charge in [-0.25, -0.2) is 13.8 Å². The molecule has 1 amide bonds. The Kier molecular flexibility index (Phi) is 4.31. The minimum Gasteiger partial charge on any atom is -0.335 e. The van der Waals surface area contributed by atoms with E-state index in [9.17, 15) is 13.6 Å². The first-order valence-electron chi connectivity index (χ1n) is 9.64. The van der Waals surface area contributed by atoms with E-state index in [0.717, 1.165) is 18.4 Å². The summed E-state index contributed by atoms with van der Waals surface area (Å²) in [5.41, 5.74) is 3.77.